The van der Waals surface area contributed by atoms with Gasteiger partial charge in [0.25, 0.3) is 5.91 Å². The molecule has 0 saturated carbocycles. The lowest BCUT2D eigenvalue weighted by Gasteiger charge is -2.37. The van der Waals surface area contributed by atoms with E-state index in [2.05, 4.69) is 4.90 Å². The second-order valence-corrected chi connectivity index (χ2v) is 7.82. The number of alkyl halides is 2. The molecule has 0 spiro atoms. The topological polar surface area (TPSA) is 85.0 Å². The fourth-order valence-electron chi connectivity index (χ4n) is 3.55. The van der Waals surface area contributed by atoms with Gasteiger partial charge in [-0.25, -0.2) is 13.6 Å². The predicted molar refractivity (Wildman–Crippen MR) is 120 cm³/mol. The van der Waals surface area contributed by atoms with Crippen molar-refractivity contribution in [3.05, 3.63) is 65.2 Å². The number of likely N-dealkylation sites (N-methyl/N-ethyl adjacent to an activating group) is 1. The zero-order valence-electron chi connectivity index (χ0n) is 18.9. The van der Waals surface area contributed by atoms with Crippen molar-refractivity contribution in [1.29, 1.82) is 0 Å². The van der Waals surface area contributed by atoms with E-state index in [1.165, 1.54) is 46.7 Å². The molecule has 1 heterocycles. The van der Waals surface area contributed by atoms with Crippen LogP contribution in [0.2, 0.25) is 0 Å². The number of hydrogen-bond acceptors (Lipinski definition) is 4. The van der Waals surface area contributed by atoms with Crippen LogP contribution in [0.25, 0.3) is 0 Å². The first kappa shape index (κ1) is 25.9. The molecule has 0 aromatic heterocycles. The Morgan fingerprint density at radius 3 is 2.20 bits per heavy atom. The molecule has 1 saturated heterocycles. The summed E-state index contributed by atoms with van der Waals surface area (Å²) in [6.07, 6.45) is -3.32. The number of benzene rings is 2. The van der Waals surface area contributed by atoms with Crippen LogP contribution in [0.3, 0.4) is 0 Å². The van der Waals surface area contributed by atoms with E-state index in [0.29, 0.717) is 31.9 Å². The number of carbonyl (C=O) groups excluding carboxylic acids is 3. The number of carbonyl (C=O) groups is 3. The molecule has 188 valence electrons. The monoisotopic (exact) mass is 495 g/mol. The molecule has 35 heavy (non-hydrogen) atoms. The first-order valence-electron chi connectivity index (χ1n) is 10.9. The van der Waals surface area contributed by atoms with E-state index >= 15 is 0 Å². The number of nitrogens with one attached hydrogen (secondary N) is 2. The lowest BCUT2D eigenvalue weighted by atomic mass is 10.1. The number of nitrogens with zero attached hydrogens (tertiary/aromatic N) is 3. The maximum Gasteiger partial charge on any atom is 0.324 e. The Morgan fingerprint density at radius 1 is 0.971 bits per heavy atom. The molecule has 4 amide bonds. The van der Waals surface area contributed by atoms with Gasteiger partial charge in [-0.1, -0.05) is 13.0 Å². The number of halogens is 4. The highest BCUT2D eigenvalue weighted by Gasteiger charge is 2.27. The van der Waals surface area contributed by atoms with Crippen molar-refractivity contribution in [2.45, 2.75) is 19.9 Å². The molecule has 0 aliphatic carbocycles. The second kappa shape index (κ2) is 11.6. The molecule has 12 heteroatoms. The van der Waals surface area contributed by atoms with Crippen molar-refractivity contribution in [3.63, 3.8) is 0 Å². The zero-order chi connectivity index (χ0) is 25.5. The molecule has 1 fully saturated rings. The van der Waals surface area contributed by atoms with E-state index in [1.807, 2.05) is 6.92 Å². The number of piperazine rings is 1. The number of hydrazine groups is 1. The predicted octanol–water partition coefficient (Wildman–Crippen LogP) is 2.76. The maximum absolute atomic E-state index is 14.9. The van der Waals surface area contributed by atoms with Crippen molar-refractivity contribution in [1.82, 2.24) is 20.7 Å². The Balaban J connectivity index is 1.78. The number of amides is 4. The van der Waals surface area contributed by atoms with Crippen LogP contribution in [-0.2, 0) is 11.3 Å². The van der Waals surface area contributed by atoms with E-state index in [9.17, 15) is 31.9 Å². The summed E-state index contributed by atoms with van der Waals surface area (Å²) in [5, 5.41) is 0. The minimum atomic E-state index is -3.32. The molecule has 0 radical (unpaired) electrons. The largest absolute Gasteiger partial charge is 0.324 e. The number of anilines is 1. The molecular weight excluding hydrogens is 470 g/mol. The summed E-state index contributed by atoms with van der Waals surface area (Å²) in [6.45, 7) is 5.04. The molecule has 0 unspecified atom stereocenters. The summed E-state index contributed by atoms with van der Waals surface area (Å²) in [5.74, 6) is -4.01. The van der Waals surface area contributed by atoms with E-state index in [0.717, 1.165) is 12.6 Å². The molecule has 0 bridgehead atoms. The van der Waals surface area contributed by atoms with Crippen LogP contribution in [0, 0.1) is 11.6 Å². The van der Waals surface area contributed by atoms with Gasteiger partial charge in [-0.3, -0.25) is 25.3 Å². The van der Waals surface area contributed by atoms with Gasteiger partial charge < -0.3 is 9.80 Å². The van der Waals surface area contributed by atoms with Gasteiger partial charge in [-0.2, -0.15) is 8.78 Å². The molecule has 1 aliphatic heterocycles. The number of urea groups is 1. The Kier molecular flexibility index (Phi) is 8.63. The average Bonchev–Trinajstić information content (AvgIpc) is 2.86. The SMILES string of the molecule is CCN1CCN(C(=O)N(Cc2ccc(C(=O)NNC(=O)C(F)F)cc2F)c2ccc(F)cc2)CC1. The van der Waals surface area contributed by atoms with E-state index in [4.69, 9.17) is 0 Å². The van der Waals surface area contributed by atoms with Gasteiger partial charge in [0.1, 0.15) is 11.6 Å². The van der Waals surface area contributed by atoms with Gasteiger partial charge >= 0.3 is 18.4 Å². The standard InChI is InChI=1S/C23H25F4N5O3/c1-2-30-9-11-31(12-10-30)23(35)32(18-7-5-17(24)6-8-18)14-16-4-3-15(13-19(16)25)21(33)28-29-22(34)20(26)27/h3-8,13,20H,2,9-12,14H2,1H3,(H,28,33)(H,29,34). The van der Waals surface area contributed by atoms with Crippen LogP contribution in [-0.4, -0.2) is 66.8 Å². The van der Waals surface area contributed by atoms with E-state index < -0.39 is 29.9 Å². The van der Waals surface area contributed by atoms with Gasteiger partial charge in [0.2, 0.25) is 0 Å². The van der Waals surface area contributed by atoms with E-state index in [-0.39, 0.29) is 23.7 Å². The molecular formula is C23H25F4N5O3. The third kappa shape index (κ3) is 6.69. The third-order valence-electron chi connectivity index (χ3n) is 5.60. The minimum absolute atomic E-state index is 0.0723. The maximum atomic E-state index is 14.9. The smallest absolute Gasteiger partial charge is 0.322 e. The van der Waals surface area contributed by atoms with Gasteiger partial charge in [-0.05, 0) is 42.9 Å². The lowest BCUT2D eigenvalue weighted by molar-refractivity contribution is -0.132. The molecule has 3 rings (SSSR count). The molecule has 2 aromatic carbocycles. The first-order chi connectivity index (χ1) is 16.7. The van der Waals surface area contributed by atoms with Crippen molar-refractivity contribution < 1.29 is 31.9 Å². The Hall–Kier alpha value is -3.67. The van der Waals surface area contributed by atoms with Gasteiger partial charge in [-0.15, -0.1) is 0 Å². The highest BCUT2D eigenvalue weighted by atomic mass is 19.3. The van der Waals surface area contributed by atoms with E-state index in [1.54, 1.807) is 10.3 Å². The van der Waals surface area contributed by atoms with Gasteiger partial charge in [0.15, 0.2) is 0 Å². The van der Waals surface area contributed by atoms with Crippen LogP contribution in [0.15, 0.2) is 42.5 Å². The summed E-state index contributed by atoms with van der Waals surface area (Å²) < 4.78 is 52.8. The quantitative estimate of drug-likeness (QED) is 0.477. The first-order valence-corrected chi connectivity index (χ1v) is 10.9. The third-order valence-corrected chi connectivity index (χ3v) is 5.60. The van der Waals surface area contributed by atoms with Crippen LogP contribution in [0.5, 0.6) is 0 Å². The lowest BCUT2D eigenvalue weighted by Crippen LogP contribution is -2.52. The molecule has 8 nitrogen and oxygen atoms in total. The van der Waals surface area contributed by atoms with Crippen LogP contribution in [0.4, 0.5) is 28.0 Å². The van der Waals surface area contributed by atoms with Gasteiger partial charge in [0.05, 0.1) is 6.54 Å². The van der Waals surface area contributed by atoms with Crippen LogP contribution >= 0.6 is 0 Å². The van der Waals surface area contributed by atoms with Crippen molar-refractivity contribution >= 4 is 23.5 Å². The summed E-state index contributed by atoms with van der Waals surface area (Å²) in [4.78, 5) is 41.4. The fourth-order valence-corrected chi connectivity index (χ4v) is 3.55. The Morgan fingerprint density at radius 2 is 1.63 bits per heavy atom. The fraction of sp³-hybridized carbons (Fsp3) is 0.348. The van der Waals surface area contributed by atoms with Crippen molar-refractivity contribution in [2.24, 2.45) is 0 Å². The number of rotatable bonds is 6. The normalized spacial score (nSPS) is 14.1. The highest BCUT2D eigenvalue weighted by molar-refractivity contribution is 5.96. The summed E-state index contributed by atoms with van der Waals surface area (Å²) in [7, 11) is 0. The molecule has 2 N–H and O–H groups in total. The average molecular weight is 495 g/mol. The van der Waals surface area contributed by atoms with Crippen molar-refractivity contribution in [2.75, 3.05) is 37.6 Å². The number of hydrogen-bond donors (Lipinski definition) is 2. The van der Waals surface area contributed by atoms with Crippen LogP contribution < -0.4 is 15.8 Å². The summed E-state index contributed by atoms with van der Waals surface area (Å²) in [6, 6.07) is 8.23. The van der Waals surface area contributed by atoms with Gasteiger partial charge in [0, 0.05) is 43.0 Å². The summed E-state index contributed by atoms with van der Waals surface area (Å²) in [5.41, 5.74) is 3.51. The highest BCUT2D eigenvalue weighted by Crippen LogP contribution is 2.22. The zero-order valence-corrected chi connectivity index (χ0v) is 18.9. The van der Waals surface area contributed by atoms with Crippen molar-refractivity contribution in [3.8, 4) is 0 Å². The molecule has 1 aliphatic rings. The molecule has 2 aromatic rings. The van der Waals surface area contributed by atoms with Crippen LogP contribution in [0.1, 0.15) is 22.8 Å². The minimum Gasteiger partial charge on any atom is -0.322 e. The second-order valence-electron chi connectivity index (χ2n) is 7.82. The molecule has 0 atom stereocenters. The summed E-state index contributed by atoms with van der Waals surface area (Å²) >= 11 is 0. The Bertz CT molecular complexity index is 1060. The Labute approximate surface area is 199 Å².